The number of halogens is 3. The molecule has 1 N–H and O–H groups in total. The zero-order valence-corrected chi connectivity index (χ0v) is 11.3. The molecule has 0 radical (unpaired) electrons. The van der Waals surface area contributed by atoms with Crippen molar-refractivity contribution >= 4 is 0 Å². The minimum atomic E-state index is -4.07. The molecule has 0 aromatic carbocycles. The number of hydrogen-bond donors (Lipinski definition) is 1. The predicted molar refractivity (Wildman–Crippen MR) is 66.7 cm³/mol. The van der Waals surface area contributed by atoms with Gasteiger partial charge in [-0.2, -0.15) is 13.2 Å². The third kappa shape index (κ3) is 6.56. The Morgan fingerprint density at radius 1 is 1.28 bits per heavy atom. The topological polar surface area (TPSA) is 18.5 Å². The summed E-state index contributed by atoms with van der Waals surface area (Å²) >= 11 is 0. The number of alkyl halides is 3. The van der Waals surface area contributed by atoms with E-state index in [4.69, 9.17) is 0 Å². The smallest absolute Gasteiger partial charge is 0.313 e. The van der Waals surface area contributed by atoms with Gasteiger partial charge >= 0.3 is 6.18 Å². The summed E-state index contributed by atoms with van der Waals surface area (Å²) in [6, 6.07) is 0.375. The van der Waals surface area contributed by atoms with E-state index in [1.54, 1.807) is 0 Å². The average Bonchev–Trinajstić information content (AvgIpc) is 2.29. The second kappa shape index (κ2) is 7.31. The number of nitrogens with zero attached hydrogens (tertiary/aromatic N) is 2. The van der Waals surface area contributed by atoms with E-state index in [0.717, 1.165) is 32.5 Å². The van der Waals surface area contributed by atoms with Crippen molar-refractivity contribution < 1.29 is 13.2 Å². The molecule has 0 amide bonds. The van der Waals surface area contributed by atoms with Gasteiger partial charge in [0.1, 0.15) is 0 Å². The van der Waals surface area contributed by atoms with Crippen molar-refractivity contribution in [1.82, 2.24) is 15.1 Å². The first-order valence-electron chi connectivity index (χ1n) is 6.61. The molecule has 108 valence electrons. The van der Waals surface area contributed by atoms with Gasteiger partial charge in [0.2, 0.25) is 0 Å². The normalized spacial score (nSPS) is 19.7. The molecule has 0 spiro atoms. The summed E-state index contributed by atoms with van der Waals surface area (Å²) < 4.78 is 36.6. The summed E-state index contributed by atoms with van der Waals surface area (Å²) in [6.45, 7) is 5.34. The van der Waals surface area contributed by atoms with Crippen molar-refractivity contribution in [3.05, 3.63) is 0 Å². The molecular formula is C12H24F3N3. The summed E-state index contributed by atoms with van der Waals surface area (Å²) in [4.78, 5) is 3.71. The van der Waals surface area contributed by atoms with Gasteiger partial charge in [0, 0.05) is 19.1 Å². The lowest BCUT2D eigenvalue weighted by molar-refractivity contribution is -0.148. The lowest BCUT2D eigenvalue weighted by Crippen LogP contribution is -2.46. The first kappa shape index (κ1) is 15.7. The maximum Gasteiger partial charge on any atom is 0.401 e. The molecule has 1 fully saturated rings. The molecule has 0 unspecified atom stereocenters. The van der Waals surface area contributed by atoms with Crippen LogP contribution in [0.15, 0.2) is 0 Å². The van der Waals surface area contributed by atoms with Crippen LogP contribution in [0.25, 0.3) is 0 Å². The van der Waals surface area contributed by atoms with Crippen molar-refractivity contribution in [2.24, 2.45) is 0 Å². The number of hydrogen-bond acceptors (Lipinski definition) is 3. The maximum atomic E-state index is 12.2. The monoisotopic (exact) mass is 267 g/mol. The average molecular weight is 267 g/mol. The number of nitrogens with one attached hydrogen (secondary N) is 1. The summed E-state index contributed by atoms with van der Waals surface area (Å²) in [5, 5.41) is 3.42. The largest absolute Gasteiger partial charge is 0.401 e. The molecule has 1 rings (SSSR count). The molecule has 1 saturated heterocycles. The highest BCUT2D eigenvalue weighted by molar-refractivity contribution is 4.78. The third-order valence-electron chi connectivity index (χ3n) is 3.46. The van der Waals surface area contributed by atoms with E-state index in [2.05, 4.69) is 24.2 Å². The fourth-order valence-corrected chi connectivity index (χ4v) is 2.17. The van der Waals surface area contributed by atoms with Crippen molar-refractivity contribution in [2.45, 2.75) is 32.0 Å². The first-order chi connectivity index (χ1) is 8.40. The van der Waals surface area contributed by atoms with Gasteiger partial charge < -0.3 is 10.2 Å². The Balaban J connectivity index is 2.12. The van der Waals surface area contributed by atoms with Crippen molar-refractivity contribution in [1.29, 1.82) is 0 Å². The van der Waals surface area contributed by atoms with Gasteiger partial charge in [-0.1, -0.05) is 6.92 Å². The minimum Gasteiger partial charge on any atom is -0.313 e. The Kier molecular flexibility index (Phi) is 6.38. The van der Waals surface area contributed by atoms with E-state index in [9.17, 15) is 13.2 Å². The molecule has 3 nitrogen and oxygen atoms in total. The fraction of sp³-hybridized carbons (Fsp3) is 1.00. The van der Waals surface area contributed by atoms with Crippen LogP contribution in [0.2, 0.25) is 0 Å². The fourth-order valence-electron chi connectivity index (χ4n) is 2.17. The van der Waals surface area contributed by atoms with E-state index in [0.29, 0.717) is 19.1 Å². The molecule has 6 heteroatoms. The van der Waals surface area contributed by atoms with E-state index in [1.165, 1.54) is 4.90 Å². The molecule has 0 saturated carbocycles. The Morgan fingerprint density at radius 2 is 1.89 bits per heavy atom. The SMILES string of the molecule is CCN(C)CCNC1CCN(CC(F)(F)F)CC1. The van der Waals surface area contributed by atoms with E-state index in [-0.39, 0.29) is 0 Å². The molecule has 0 atom stereocenters. The highest BCUT2D eigenvalue weighted by Gasteiger charge is 2.32. The van der Waals surface area contributed by atoms with Crippen molar-refractivity contribution in [2.75, 3.05) is 46.3 Å². The number of piperidine rings is 1. The van der Waals surface area contributed by atoms with Crippen molar-refractivity contribution in [3.8, 4) is 0 Å². The number of likely N-dealkylation sites (N-methyl/N-ethyl adjacent to an activating group) is 1. The van der Waals surface area contributed by atoms with Crippen LogP contribution in [0.3, 0.4) is 0 Å². The summed E-state index contributed by atoms with van der Waals surface area (Å²) in [5.74, 6) is 0. The van der Waals surface area contributed by atoms with Crippen LogP contribution in [0.4, 0.5) is 13.2 Å². The van der Waals surface area contributed by atoms with Gasteiger partial charge in [-0.3, -0.25) is 4.90 Å². The van der Waals surface area contributed by atoms with Crippen LogP contribution in [0, 0.1) is 0 Å². The van der Waals surface area contributed by atoms with Gasteiger partial charge in [0.25, 0.3) is 0 Å². The zero-order valence-electron chi connectivity index (χ0n) is 11.3. The van der Waals surface area contributed by atoms with Gasteiger partial charge in [0.15, 0.2) is 0 Å². The molecule has 1 aliphatic heterocycles. The molecular weight excluding hydrogens is 243 g/mol. The lowest BCUT2D eigenvalue weighted by Gasteiger charge is -2.33. The molecule has 1 aliphatic rings. The summed E-state index contributed by atoms with van der Waals surface area (Å²) in [7, 11) is 2.06. The Hall–Kier alpha value is -0.330. The summed E-state index contributed by atoms with van der Waals surface area (Å²) in [5.41, 5.74) is 0. The van der Waals surface area contributed by atoms with Crippen LogP contribution in [0.1, 0.15) is 19.8 Å². The van der Waals surface area contributed by atoms with Gasteiger partial charge in [-0.15, -0.1) is 0 Å². The van der Waals surface area contributed by atoms with E-state index < -0.39 is 12.7 Å². The standard InChI is InChI=1S/C12H24F3N3/c1-3-17(2)9-6-16-11-4-7-18(8-5-11)10-12(13,14)15/h11,16H,3-10H2,1-2H3. The molecule has 0 aromatic heterocycles. The van der Waals surface area contributed by atoms with Gasteiger partial charge in [-0.05, 0) is 39.5 Å². The first-order valence-corrected chi connectivity index (χ1v) is 6.61. The van der Waals surface area contributed by atoms with Crippen LogP contribution in [-0.4, -0.2) is 68.3 Å². The maximum absolute atomic E-state index is 12.2. The lowest BCUT2D eigenvalue weighted by atomic mass is 10.1. The molecule has 0 bridgehead atoms. The number of likely N-dealkylation sites (tertiary alicyclic amines) is 1. The van der Waals surface area contributed by atoms with E-state index >= 15 is 0 Å². The Bertz CT molecular complexity index is 225. The molecule has 18 heavy (non-hydrogen) atoms. The minimum absolute atomic E-state index is 0.375. The van der Waals surface area contributed by atoms with Gasteiger partial charge in [-0.25, -0.2) is 0 Å². The van der Waals surface area contributed by atoms with Crippen LogP contribution in [-0.2, 0) is 0 Å². The highest BCUT2D eigenvalue weighted by atomic mass is 19.4. The van der Waals surface area contributed by atoms with Crippen LogP contribution < -0.4 is 5.32 Å². The Morgan fingerprint density at radius 3 is 2.39 bits per heavy atom. The second-order valence-corrected chi connectivity index (χ2v) is 5.02. The predicted octanol–water partition coefficient (Wildman–Crippen LogP) is 1.55. The Labute approximate surface area is 107 Å². The van der Waals surface area contributed by atoms with Crippen molar-refractivity contribution in [3.63, 3.8) is 0 Å². The summed E-state index contributed by atoms with van der Waals surface area (Å²) in [6.07, 6.45) is -2.44. The molecule has 0 aromatic rings. The van der Waals surface area contributed by atoms with Crippen LogP contribution >= 0.6 is 0 Å². The quantitative estimate of drug-likeness (QED) is 0.788. The van der Waals surface area contributed by atoms with Gasteiger partial charge in [0.05, 0.1) is 6.54 Å². The third-order valence-corrected chi connectivity index (χ3v) is 3.46. The zero-order chi connectivity index (χ0) is 13.6. The second-order valence-electron chi connectivity index (χ2n) is 5.02. The molecule has 1 heterocycles. The van der Waals surface area contributed by atoms with E-state index in [1.807, 2.05) is 0 Å². The molecule has 0 aliphatic carbocycles. The number of rotatable bonds is 6. The van der Waals surface area contributed by atoms with Crippen LogP contribution in [0.5, 0.6) is 0 Å². The highest BCUT2D eigenvalue weighted by Crippen LogP contribution is 2.19.